The maximum atomic E-state index is 11.9. The summed E-state index contributed by atoms with van der Waals surface area (Å²) in [6.07, 6.45) is 3.62. The lowest BCUT2D eigenvalue weighted by atomic mass is 10.1. The number of amides is 1. The molecule has 1 heterocycles. The largest absolute Gasteiger partial charge is 0.469 e. The molecule has 0 aliphatic carbocycles. The van der Waals surface area contributed by atoms with Gasteiger partial charge in [-0.3, -0.25) is 14.6 Å². The van der Waals surface area contributed by atoms with Crippen molar-refractivity contribution in [3.63, 3.8) is 0 Å². The maximum absolute atomic E-state index is 11.9. The molecule has 1 rings (SSSR count). The van der Waals surface area contributed by atoms with E-state index in [9.17, 15) is 9.59 Å². The van der Waals surface area contributed by atoms with Gasteiger partial charge in [-0.25, -0.2) is 0 Å². The number of pyridine rings is 1. The molecule has 0 saturated carbocycles. The number of esters is 1. The minimum Gasteiger partial charge on any atom is -0.469 e. The predicted molar refractivity (Wildman–Crippen MR) is 66.8 cm³/mol. The van der Waals surface area contributed by atoms with Gasteiger partial charge in [-0.2, -0.15) is 0 Å². The zero-order chi connectivity index (χ0) is 13.5. The lowest BCUT2D eigenvalue weighted by Crippen LogP contribution is -2.35. The second-order valence-electron chi connectivity index (χ2n) is 4.24. The van der Waals surface area contributed by atoms with Gasteiger partial charge >= 0.3 is 5.97 Å². The van der Waals surface area contributed by atoms with Gasteiger partial charge in [0.05, 0.1) is 19.4 Å². The lowest BCUT2D eigenvalue weighted by Gasteiger charge is -2.20. The molecule has 98 valence electrons. The van der Waals surface area contributed by atoms with Crippen LogP contribution in [-0.4, -0.2) is 42.5 Å². The summed E-state index contributed by atoms with van der Waals surface area (Å²) in [6, 6.07) is 3.64. The molecule has 18 heavy (non-hydrogen) atoms. The van der Waals surface area contributed by atoms with E-state index in [0.717, 1.165) is 5.56 Å². The first-order chi connectivity index (χ1) is 8.54. The topological polar surface area (TPSA) is 59.5 Å². The van der Waals surface area contributed by atoms with E-state index in [2.05, 4.69) is 9.72 Å². The quantitative estimate of drug-likeness (QED) is 0.728. The van der Waals surface area contributed by atoms with E-state index in [0.29, 0.717) is 6.54 Å². The molecule has 0 bridgehead atoms. The van der Waals surface area contributed by atoms with Crippen LogP contribution in [0, 0.1) is 5.92 Å². The average molecular weight is 250 g/mol. The third kappa shape index (κ3) is 4.16. The molecule has 0 aliphatic rings. The van der Waals surface area contributed by atoms with Gasteiger partial charge in [0.1, 0.15) is 0 Å². The molecule has 1 unspecified atom stereocenters. The summed E-state index contributed by atoms with van der Waals surface area (Å²) in [5.41, 5.74) is 0.861. The van der Waals surface area contributed by atoms with E-state index < -0.39 is 0 Å². The summed E-state index contributed by atoms with van der Waals surface area (Å²) >= 11 is 0. The second kappa shape index (κ2) is 6.74. The number of methoxy groups -OCH3 is 1. The average Bonchev–Trinajstić information content (AvgIpc) is 2.38. The van der Waals surface area contributed by atoms with Gasteiger partial charge in [0.15, 0.2) is 0 Å². The monoisotopic (exact) mass is 250 g/mol. The third-order valence-electron chi connectivity index (χ3n) is 2.66. The van der Waals surface area contributed by atoms with E-state index in [1.54, 1.807) is 32.4 Å². The molecule has 1 atom stereocenters. The van der Waals surface area contributed by atoms with Gasteiger partial charge in [0.2, 0.25) is 5.91 Å². The number of ether oxygens (including phenoxy) is 1. The predicted octanol–water partition coefficient (Wildman–Crippen LogP) is 0.892. The summed E-state index contributed by atoms with van der Waals surface area (Å²) in [5.74, 6) is -0.673. The first kappa shape index (κ1) is 14.2. The molecular formula is C13H18N2O3. The normalized spacial score (nSPS) is 11.7. The van der Waals surface area contributed by atoms with Crippen molar-refractivity contribution in [1.82, 2.24) is 9.88 Å². The number of carbonyl (C=O) groups is 2. The Bertz CT molecular complexity index is 406. The Kier molecular flexibility index (Phi) is 5.30. The van der Waals surface area contributed by atoms with Crippen LogP contribution in [0.25, 0.3) is 0 Å². The zero-order valence-electron chi connectivity index (χ0n) is 10.9. The first-order valence-corrected chi connectivity index (χ1v) is 5.75. The molecule has 0 saturated heterocycles. The number of rotatable bonds is 5. The Morgan fingerprint density at radius 1 is 1.50 bits per heavy atom. The fourth-order valence-electron chi connectivity index (χ4n) is 1.60. The van der Waals surface area contributed by atoms with Crippen LogP contribution in [0.4, 0.5) is 0 Å². The van der Waals surface area contributed by atoms with Crippen LogP contribution in [0.1, 0.15) is 12.5 Å². The van der Waals surface area contributed by atoms with Crippen LogP contribution in [0.5, 0.6) is 0 Å². The second-order valence-corrected chi connectivity index (χ2v) is 4.24. The van der Waals surface area contributed by atoms with Crippen molar-refractivity contribution in [2.75, 3.05) is 20.7 Å². The summed E-state index contributed by atoms with van der Waals surface area (Å²) in [6.45, 7) is 2.09. The molecule has 0 spiro atoms. The highest BCUT2D eigenvalue weighted by molar-refractivity contribution is 5.79. The van der Waals surface area contributed by atoms with Crippen molar-refractivity contribution < 1.29 is 14.3 Å². The Morgan fingerprint density at radius 2 is 2.22 bits per heavy atom. The van der Waals surface area contributed by atoms with Gasteiger partial charge < -0.3 is 9.64 Å². The summed E-state index contributed by atoms with van der Waals surface area (Å²) in [7, 11) is 3.02. The number of aromatic nitrogens is 1. The van der Waals surface area contributed by atoms with E-state index in [-0.39, 0.29) is 24.2 Å². The van der Waals surface area contributed by atoms with Crippen molar-refractivity contribution in [3.05, 3.63) is 30.1 Å². The summed E-state index contributed by atoms with van der Waals surface area (Å²) < 4.78 is 4.62. The van der Waals surface area contributed by atoms with Gasteiger partial charge in [0, 0.05) is 26.0 Å². The third-order valence-corrected chi connectivity index (χ3v) is 2.66. The maximum Gasteiger partial charge on any atom is 0.310 e. The lowest BCUT2D eigenvalue weighted by molar-refractivity contribution is -0.146. The molecule has 0 fully saturated rings. The molecule has 0 N–H and O–H groups in total. The molecule has 0 radical (unpaired) electrons. The Labute approximate surface area is 107 Å². The molecule has 0 aliphatic heterocycles. The van der Waals surface area contributed by atoms with E-state index in [4.69, 9.17) is 0 Å². The number of carbonyl (C=O) groups excluding carboxylic acids is 2. The van der Waals surface area contributed by atoms with Gasteiger partial charge in [-0.15, -0.1) is 0 Å². The minimum atomic E-state index is -0.321. The van der Waals surface area contributed by atoms with Crippen LogP contribution in [0.15, 0.2) is 24.5 Å². The van der Waals surface area contributed by atoms with Crippen molar-refractivity contribution in [3.8, 4) is 0 Å². The van der Waals surface area contributed by atoms with Crippen LogP contribution in [0.3, 0.4) is 0 Å². The molecule has 0 aromatic carbocycles. The number of nitrogens with zero attached hydrogens (tertiary/aromatic N) is 2. The van der Waals surface area contributed by atoms with Crippen molar-refractivity contribution in [2.24, 2.45) is 5.92 Å². The number of hydrogen-bond acceptors (Lipinski definition) is 4. The zero-order valence-corrected chi connectivity index (χ0v) is 10.9. The molecule has 1 amide bonds. The van der Waals surface area contributed by atoms with Gasteiger partial charge in [0.25, 0.3) is 0 Å². The highest BCUT2D eigenvalue weighted by atomic mass is 16.5. The fourth-order valence-corrected chi connectivity index (χ4v) is 1.60. The Morgan fingerprint density at radius 3 is 2.78 bits per heavy atom. The van der Waals surface area contributed by atoms with Gasteiger partial charge in [-0.05, 0) is 11.6 Å². The van der Waals surface area contributed by atoms with E-state index in [1.165, 1.54) is 12.0 Å². The Hall–Kier alpha value is -1.91. The van der Waals surface area contributed by atoms with Gasteiger partial charge in [-0.1, -0.05) is 13.0 Å². The fraction of sp³-hybridized carbons (Fsp3) is 0.462. The molecule has 5 heteroatoms. The highest BCUT2D eigenvalue weighted by Gasteiger charge is 2.18. The first-order valence-electron chi connectivity index (χ1n) is 5.75. The summed E-state index contributed by atoms with van der Waals surface area (Å²) in [5, 5.41) is 0. The van der Waals surface area contributed by atoms with E-state index >= 15 is 0 Å². The summed E-state index contributed by atoms with van der Waals surface area (Å²) in [4.78, 5) is 28.7. The standard InChI is InChI=1S/C13H18N2O3/c1-10(13(17)18-3)9-15(2)12(16)7-11-5-4-6-14-8-11/h4-6,8,10H,7,9H2,1-3H3. The molecule has 1 aromatic rings. The van der Waals surface area contributed by atoms with Crippen LogP contribution in [-0.2, 0) is 20.7 Å². The smallest absolute Gasteiger partial charge is 0.310 e. The van der Waals surface area contributed by atoms with Crippen molar-refractivity contribution in [2.45, 2.75) is 13.3 Å². The number of hydrogen-bond donors (Lipinski definition) is 0. The molecule has 1 aromatic heterocycles. The van der Waals surface area contributed by atoms with Crippen LogP contribution in [0.2, 0.25) is 0 Å². The minimum absolute atomic E-state index is 0.0428. The SMILES string of the molecule is COC(=O)C(C)CN(C)C(=O)Cc1cccnc1. The number of likely N-dealkylation sites (N-methyl/N-ethyl adjacent to an activating group) is 1. The highest BCUT2D eigenvalue weighted by Crippen LogP contribution is 2.04. The van der Waals surface area contributed by atoms with E-state index in [1.807, 2.05) is 6.07 Å². The van der Waals surface area contributed by atoms with Crippen molar-refractivity contribution in [1.29, 1.82) is 0 Å². The van der Waals surface area contributed by atoms with Crippen molar-refractivity contribution >= 4 is 11.9 Å². The Balaban J connectivity index is 2.49. The van der Waals surface area contributed by atoms with Crippen LogP contribution >= 0.6 is 0 Å². The molecular weight excluding hydrogens is 232 g/mol. The molecule has 5 nitrogen and oxygen atoms in total. The van der Waals surface area contributed by atoms with Crippen LogP contribution < -0.4 is 0 Å².